The Hall–Kier alpha value is -5.26. The van der Waals surface area contributed by atoms with Crippen molar-refractivity contribution in [3.63, 3.8) is 0 Å². The number of nitrogens with one attached hydrogen (secondary N) is 4. The van der Waals surface area contributed by atoms with Crippen LogP contribution >= 0.6 is 0 Å². The van der Waals surface area contributed by atoms with Gasteiger partial charge in [0, 0.05) is 24.0 Å². The number of nitrogens with zero attached hydrogens (tertiary/aromatic N) is 1. The average Bonchev–Trinajstić information content (AvgIpc) is 2.90. The molecule has 6 N–H and O–H groups in total. The molecule has 1 atom stereocenters. The van der Waals surface area contributed by atoms with E-state index in [0.717, 1.165) is 5.56 Å². The van der Waals surface area contributed by atoms with Crippen molar-refractivity contribution in [2.45, 2.75) is 38.6 Å². The van der Waals surface area contributed by atoms with Gasteiger partial charge in [0.05, 0.1) is 25.3 Å². The summed E-state index contributed by atoms with van der Waals surface area (Å²) in [4.78, 5) is 62.8. The Balaban J connectivity index is 1.52. The predicted molar refractivity (Wildman–Crippen MR) is 147 cm³/mol. The molecule has 3 aromatic rings. The predicted octanol–water partition coefficient (Wildman–Crippen LogP) is 3.71. The molecule has 1 aromatic heterocycles. The Morgan fingerprint density at radius 1 is 0.800 bits per heavy atom. The maximum absolute atomic E-state index is 12.5. The van der Waals surface area contributed by atoms with Gasteiger partial charge in [0.1, 0.15) is 5.82 Å². The van der Waals surface area contributed by atoms with Crippen LogP contribution in [0.5, 0.6) is 0 Å². The van der Waals surface area contributed by atoms with E-state index in [1.807, 2.05) is 25.1 Å². The summed E-state index contributed by atoms with van der Waals surface area (Å²) in [7, 11) is 0. The van der Waals surface area contributed by atoms with Gasteiger partial charge in [0.15, 0.2) is 0 Å². The van der Waals surface area contributed by atoms with Gasteiger partial charge in [-0.2, -0.15) is 0 Å². The number of carboxylic acids is 2. The molecule has 1 unspecified atom stereocenters. The first-order valence-electron chi connectivity index (χ1n) is 12.3. The highest BCUT2D eigenvalue weighted by atomic mass is 16.4. The lowest BCUT2D eigenvalue weighted by Crippen LogP contribution is -2.30. The average molecular weight is 548 g/mol. The molecule has 208 valence electrons. The number of para-hydroxylation sites is 1. The molecule has 0 radical (unpaired) electrons. The molecule has 40 heavy (non-hydrogen) atoms. The van der Waals surface area contributed by atoms with E-state index in [-0.39, 0.29) is 37.0 Å². The number of amides is 4. The number of pyridine rings is 1. The van der Waals surface area contributed by atoms with Crippen molar-refractivity contribution in [1.29, 1.82) is 0 Å². The summed E-state index contributed by atoms with van der Waals surface area (Å²) in [6.45, 7) is 1.89. The van der Waals surface area contributed by atoms with Crippen LogP contribution < -0.4 is 21.3 Å². The first-order chi connectivity index (χ1) is 19.1. The molecule has 0 aliphatic rings. The number of anilines is 3. The Bertz CT molecular complexity index is 1370. The number of aliphatic carboxylic acids is 2. The molecule has 12 nitrogen and oxygen atoms in total. The minimum atomic E-state index is -1.16. The van der Waals surface area contributed by atoms with Crippen LogP contribution in [0.15, 0.2) is 66.9 Å². The zero-order valence-electron chi connectivity index (χ0n) is 21.6. The number of carbonyl (C=O) groups excluding carboxylic acids is 3. The van der Waals surface area contributed by atoms with E-state index in [9.17, 15) is 29.1 Å². The van der Waals surface area contributed by atoms with E-state index < -0.39 is 30.3 Å². The number of aryl methyl sites for hydroxylation is 1. The third kappa shape index (κ3) is 9.56. The first-order valence-corrected chi connectivity index (χ1v) is 12.3. The summed E-state index contributed by atoms with van der Waals surface area (Å²) >= 11 is 0. The summed E-state index contributed by atoms with van der Waals surface area (Å²) in [6, 6.07) is 15.9. The highest BCUT2D eigenvalue weighted by Gasteiger charge is 2.19. The van der Waals surface area contributed by atoms with Crippen LogP contribution in [0.25, 0.3) is 0 Å². The lowest BCUT2D eigenvalue weighted by molar-refractivity contribution is -0.140. The summed E-state index contributed by atoms with van der Waals surface area (Å²) in [5.41, 5.74) is 3.28. The monoisotopic (exact) mass is 547 g/mol. The molecule has 0 spiro atoms. The quantitative estimate of drug-likeness (QED) is 0.198. The van der Waals surface area contributed by atoms with Crippen molar-refractivity contribution < 1.29 is 34.2 Å². The molecule has 1 heterocycles. The fourth-order valence-electron chi connectivity index (χ4n) is 3.68. The molecule has 0 bridgehead atoms. The minimum Gasteiger partial charge on any atom is -0.481 e. The van der Waals surface area contributed by atoms with Crippen molar-refractivity contribution in [1.82, 2.24) is 10.3 Å². The van der Waals surface area contributed by atoms with Gasteiger partial charge >= 0.3 is 18.0 Å². The third-order valence-electron chi connectivity index (χ3n) is 5.71. The number of carbonyl (C=O) groups is 5. The third-order valence-corrected chi connectivity index (χ3v) is 5.71. The van der Waals surface area contributed by atoms with Gasteiger partial charge in [-0.25, -0.2) is 9.78 Å². The van der Waals surface area contributed by atoms with Crippen LogP contribution in [0.1, 0.15) is 42.0 Å². The zero-order chi connectivity index (χ0) is 29.1. The summed E-state index contributed by atoms with van der Waals surface area (Å²) in [5, 5.41) is 28.6. The Labute approximate surface area is 229 Å². The lowest BCUT2D eigenvalue weighted by Gasteiger charge is -2.17. The van der Waals surface area contributed by atoms with Crippen LogP contribution in [0.3, 0.4) is 0 Å². The fourth-order valence-corrected chi connectivity index (χ4v) is 3.68. The van der Waals surface area contributed by atoms with Crippen molar-refractivity contribution in [3.05, 3.63) is 83.6 Å². The van der Waals surface area contributed by atoms with Crippen LogP contribution in [0.4, 0.5) is 22.0 Å². The summed E-state index contributed by atoms with van der Waals surface area (Å²) in [5.74, 6) is -3.01. The van der Waals surface area contributed by atoms with Gasteiger partial charge in [0.2, 0.25) is 11.8 Å². The van der Waals surface area contributed by atoms with Crippen molar-refractivity contribution in [2.75, 3.05) is 16.0 Å². The minimum absolute atomic E-state index is 0.0421. The molecule has 0 aliphatic carbocycles. The molecule has 3 rings (SSSR count). The molecule has 0 fully saturated rings. The Morgan fingerprint density at radius 2 is 1.52 bits per heavy atom. The second-order valence-corrected chi connectivity index (χ2v) is 8.90. The molecular weight excluding hydrogens is 518 g/mol. The number of urea groups is 1. The van der Waals surface area contributed by atoms with Gasteiger partial charge in [-0.15, -0.1) is 0 Å². The number of hydrogen-bond donors (Lipinski definition) is 6. The van der Waals surface area contributed by atoms with Crippen LogP contribution in [-0.4, -0.2) is 45.0 Å². The second-order valence-electron chi connectivity index (χ2n) is 8.90. The Morgan fingerprint density at radius 3 is 2.15 bits per heavy atom. The Kier molecular flexibility index (Phi) is 10.3. The molecule has 0 saturated carbocycles. The zero-order valence-corrected chi connectivity index (χ0v) is 21.6. The first kappa shape index (κ1) is 29.3. The maximum Gasteiger partial charge on any atom is 0.323 e. The van der Waals surface area contributed by atoms with E-state index >= 15 is 0 Å². The number of benzene rings is 2. The standard InChI is InChI=1S/C28H29N5O7/c1-17-4-2-3-5-21(17)32-28(40)30-20-9-6-18(7-10-20)14-25(35)33-23-11-8-19(16-29-23)22(15-27(38)39)31-24(34)12-13-26(36)37/h2-11,16,22H,12-15H2,1H3,(H,31,34)(H,36,37)(H,38,39)(H,29,33,35)(H2,30,32,40). The van der Waals surface area contributed by atoms with Crippen LogP contribution in [-0.2, 0) is 25.6 Å². The molecule has 2 aromatic carbocycles. The molecule has 0 aliphatic heterocycles. The van der Waals surface area contributed by atoms with Gasteiger partial charge in [0.25, 0.3) is 0 Å². The van der Waals surface area contributed by atoms with E-state index in [1.54, 1.807) is 30.3 Å². The number of rotatable bonds is 12. The van der Waals surface area contributed by atoms with Crippen molar-refractivity contribution >= 4 is 47.0 Å². The summed E-state index contributed by atoms with van der Waals surface area (Å²) in [6.07, 6.45) is 0.288. The fraction of sp³-hybridized carbons (Fsp3) is 0.214. The molecular formula is C28H29N5O7. The topological polar surface area (TPSA) is 187 Å². The van der Waals surface area contributed by atoms with Gasteiger partial charge in [-0.3, -0.25) is 19.2 Å². The molecule has 0 saturated heterocycles. The van der Waals surface area contributed by atoms with Gasteiger partial charge in [-0.1, -0.05) is 36.4 Å². The van der Waals surface area contributed by atoms with Crippen LogP contribution in [0, 0.1) is 6.92 Å². The lowest BCUT2D eigenvalue weighted by atomic mass is 10.1. The highest BCUT2D eigenvalue weighted by Crippen LogP contribution is 2.19. The number of carboxylic acid groups (broad SMARTS) is 2. The van der Waals surface area contributed by atoms with Gasteiger partial charge < -0.3 is 31.5 Å². The molecule has 4 amide bonds. The highest BCUT2D eigenvalue weighted by molar-refractivity contribution is 6.00. The molecule has 12 heteroatoms. The smallest absolute Gasteiger partial charge is 0.323 e. The number of aromatic nitrogens is 1. The number of hydrogen-bond acceptors (Lipinski definition) is 6. The second kappa shape index (κ2) is 14.0. The van der Waals surface area contributed by atoms with Gasteiger partial charge in [-0.05, 0) is 47.9 Å². The van der Waals surface area contributed by atoms with Crippen molar-refractivity contribution in [2.24, 2.45) is 0 Å². The summed E-state index contributed by atoms with van der Waals surface area (Å²) < 4.78 is 0. The van der Waals surface area contributed by atoms with E-state index in [2.05, 4.69) is 26.3 Å². The normalized spacial score (nSPS) is 11.1. The SMILES string of the molecule is Cc1ccccc1NC(=O)Nc1ccc(CC(=O)Nc2ccc(C(CC(=O)O)NC(=O)CCC(=O)O)cn2)cc1. The van der Waals surface area contributed by atoms with E-state index in [1.165, 1.54) is 18.3 Å². The maximum atomic E-state index is 12.5. The largest absolute Gasteiger partial charge is 0.481 e. The van der Waals surface area contributed by atoms with E-state index in [0.29, 0.717) is 22.5 Å². The van der Waals surface area contributed by atoms with E-state index in [4.69, 9.17) is 5.11 Å². The van der Waals surface area contributed by atoms with Crippen molar-refractivity contribution in [3.8, 4) is 0 Å². The van der Waals surface area contributed by atoms with Crippen LogP contribution in [0.2, 0.25) is 0 Å².